The fraction of sp³-hybridized carbons (Fsp3) is 0.238. The molecule has 2 aliphatic rings. The number of aryl methyl sites for hydroxylation is 1. The number of imidazole rings is 1. The molecule has 150 valence electrons. The van der Waals surface area contributed by atoms with Crippen molar-refractivity contribution in [3.05, 3.63) is 54.4 Å². The highest BCUT2D eigenvalue weighted by Crippen LogP contribution is 2.34. The Hall–Kier alpha value is -3.88. The normalized spacial score (nSPS) is 18.5. The van der Waals surface area contributed by atoms with E-state index in [0.717, 1.165) is 28.1 Å². The van der Waals surface area contributed by atoms with Crippen molar-refractivity contribution < 1.29 is 14.4 Å². The van der Waals surface area contributed by atoms with Crippen LogP contribution >= 0.6 is 0 Å². The Bertz CT molecular complexity index is 1190. The number of piperidine rings is 1. The molecule has 3 amide bonds. The lowest BCUT2D eigenvalue weighted by atomic mass is 10.0. The van der Waals surface area contributed by atoms with Gasteiger partial charge in [-0.05, 0) is 24.1 Å². The molecule has 2 aliphatic heterocycles. The summed E-state index contributed by atoms with van der Waals surface area (Å²) >= 11 is 0. The molecular formula is C21H18N6O3. The fourth-order valence-corrected chi connectivity index (χ4v) is 4.12. The molecule has 0 spiro atoms. The minimum absolute atomic E-state index is 0.191. The van der Waals surface area contributed by atoms with Gasteiger partial charge in [0.1, 0.15) is 12.4 Å². The third-order valence-corrected chi connectivity index (χ3v) is 5.57. The summed E-state index contributed by atoms with van der Waals surface area (Å²) in [4.78, 5) is 50.8. The van der Waals surface area contributed by atoms with E-state index in [9.17, 15) is 14.4 Å². The van der Waals surface area contributed by atoms with E-state index in [4.69, 9.17) is 0 Å². The number of aromatic nitrogens is 4. The van der Waals surface area contributed by atoms with Gasteiger partial charge in [-0.2, -0.15) is 0 Å². The molecule has 30 heavy (non-hydrogen) atoms. The van der Waals surface area contributed by atoms with Gasteiger partial charge in [-0.1, -0.05) is 6.07 Å². The van der Waals surface area contributed by atoms with Crippen molar-refractivity contribution in [2.24, 2.45) is 7.05 Å². The van der Waals surface area contributed by atoms with E-state index in [0.29, 0.717) is 18.5 Å². The van der Waals surface area contributed by atoms with E-state index < -0.39 is 11.9 Å². The van der Waals surface area contributed by atoms with Crippen molar-refractivity contribution >= 4 is 17.7 Å². The molecule has 0 radical (unpaired) electrons. The summed E-state index contributed by atoms with van der Waals surface area (Å²) in [5, 5.41) is 2.32. The average molecular weight is 402 g/mol. The molecule has 0 bridgehead atoms. The zero-order valence-electron chi connectivity index (χ0n) is 16.2. The molecule has 3 aromatic rings. The Morgan fingerprint density at radius 3 is 2.67 bits per heavy atom. The van der Waals surface area contributed by atoms with Crippen LogP contribution in [-0.2, 0) is 23.2 Å². The topological polar surface area (TPSA) is 110 Å². The Labute approximate surface area is 171 Å². The van der Waals surface area contributed by atoms with Crippen LogP contribution in [0, 0.1) is 0 Å². The third-order valence-electron chi connectivity index (χ3n) is 5.57. The van der Waals surface area contributed by atoms with Gasteiger partial charge in [0.05, 0.1) is 17.7 Å². The van der Waals surface area contributed by atoms with E-state index in [1.165, 1.54) is 6.33 Å². The standard InChI is InChI=1S/C21H18N6O3/c1-26-11-24-18(19(26)14-7-22-10-23-8-14)12-2-3-15-13(6-12)9-27(21(15)30)16-4-5-17(28)25-20(16)29/h2-3,6-8,10-11,16H,4-5,9H2,1H3,(H,25,28,29). The van der Waals surface area contributed by atoms with Crippen molar-refractivity contribution in [1.29, 1.82) is 0 Å². The molecular weight excluding hydrogens is 384 g/mol. The van der Waals surface area contributed by atoms with E-state index in [1.54, 1.807) is 29.7 Å². The van der Waals surface area contributed by atoms with Crippen LogP contribution in [0.2, 0.25) is 0 Å². The number of fused-ring (bicyclic) bond motifs is 1. The number of hydrogen-bond acceptors (Lipinski definition) is 6. The van der Waals surface area contributed by atoms with Crippen molar-refractivity contribution in [3.63, 3.8) is 0 Å². The van der Waals surface area contributed by atoms with Crippen LogP contribution in [0.4, 0.5) is 0 Å². The molecule has 9 nitrogen and oxygen atoms in total. The molecule has 1 aromatic carbocycles. The quantitative estimate of drug-likeness (QED) is 0.662. The summed E-state index contributed by atoms with van der Waals surface area (Å²) < 4.78 is 1.90. The lowest BCUT2D eigenvalue weighted by molar-refractivity contribution is -0.136. The van der Waals surface area contributed by atoms with Gasteiger partial charge in [-0.25, -0.2) is 15.0 Å². The number of hydrogen-bond donors (Lipinski definition) is 1. The number of carbonyl (C=O) groups excluding carboxylic acids is 3. The molecule has 0 saturated carbocycles. The third kappa shape index (κ3) is 2.86. The smallest absolute Gasteiger partial charge is 0.255 e. The highest BCUT2D eigenvalue weighted by molar-refractivity contribution is 6.05. The van der Waals surface area contributed by atoms with Crippen LogP contribution in [0.5, 0.6) is 0 Å². The summed E-state index contributed by atoms with van der Waals surface area (Å²) in [7, 11) is 1.90. The Morgan fingerprint density at radius 1 is 1.10 bits per heavy atom. The van der Waals surface area contributed by atoms with E-state index in [-0.39, 0.29) is 18.2 Å². The van der Waals surface area contributed by atoms with Crippen molar-refractivity contribution in [2.75, 3.05) is 0 Å². The molecule has 1 unspecified atom stereocenters. The fourth-order valence-electron chi connectivity index (χ4n) is 4.12. The zero-order chi connectivity index (χ0) is 20.8. The first-order chi connectivity index (χ1) is 14.5. The lowest BCUT2D eigenvalue weighted by Crippen LogP contribution is -2.52. The summed E-state index contributed by atoms with van der Waals surface area (Å²) in [6, 6.07) is 4.95. The maximum Gasteiger partial charge on any atom is 0.255 e. The maximum atomic E-state index is 12.9. The summed E-state index contributed by atoms with van der Waals surface area (Å²) in [5.74, 6) is -0.900. The molecule has 1 saturated heterocycles. The molecule has 5 rings (SSSR count). The molecule has 1 fully saturated rings. The summed E-state index contributed by atoms with van der Waals surface area (Å²) in [6.45, 7) is 0.324. The first kappa shape index (κ1) is 18.2. The van der Waals surface area contributed by atoms with E-state index in [2.05, 4.69) is 20.3 Å². The second-order valence-electron chi connectivity index (χ2n) is 7.45. The number of carbonyl (C=O) groups is 3. The molecule has 0 aliphatic carbocycles. The number of benzene rings is 1. The Balaban J connectivity index is 1.49. The van der Waals surface area contributed by atoms with Crippen LogP contribution in [-0.4, -0.2) is 48.2 Å². The van der Waals surface area contributed by atoms with Crippen LogP contribution in [0.3, 0.4) is 0 Å². The van der Waals surface area contributed by atoms with Gasteiger partial charge < -0.3 is 9.47 Å². The van der Waals surface area contributed by atoms with Crippen LogP contribution < -0.4 is 5.32 Å². The largest absolute Gasteiger partial charge is 0.333 e. The summed E-state index contributed by atoms with van der Waals surface area (Å²) in [6.07, 6.45) is 7.24. The average Bonchev–Trinajstić information content (AvgIpc) is 3.28. The second kappa shape index (κ2) is 6.87. The zero-order valence-corrected chi connectivity index (χ0v) is 16.2. The predicted molar refractivity (Wildman–Crippen MR) is 106 cm³/mol. The SMILES string of the molecule is Cn1cnc(-c2ccc3c(c2)CN(C2CCC(=O)NC2=O)C3=O)c1-c1cncnc1. The molecule has 2 aromatic heterocycles. The molecule has 1 N–H and O–H groups in total. The first-order valence-corrected chi connectivity index (χ1v) is 9.57. The van der Waals surface area contributed by atoms with Gasteiger partial charge in [0, 0.05) is 49.1 Å². The van der Waals surface area contributed by atoms with Gasteiger partial charge in [0.15, 0.2) is 0 Å². The van der Waals surface area contributed by atoms with Crippen LogP contribution in [0.1, 0.15) is 28.8 Å². The van der Waals surface area contributed by atoms with Gasteiger partial charge in [-0.15, -0.1) is 0 Å². The minimum atomic E-state index is -0.627. The predicted octanol–water partition coefficient (Wildman–Crippen LogP) is 1.31. The first-order valence-electron chi connectivity index (χ1n) is 9.57. The van der Waals surface area contributed by atoms with Crippen molar-refractivity contribution in [1.82, 2.24) is 29.7 Å². The minimum Gasteiger partial charge on any atom is -0.333 e. The van der Waals surface area contributed by atoms with Gasteiger partial charge >= 0.3 is 0 Å². The van der Waals surface area contributed by atoms with Crippen LogP contribution in [0.25, 0.3) is 22.5 Å². The molecule has 9 heteroatoms. The maximum absolute atomic E-state index is 12.9. The van der Waals surface area contributed by atoms with Crippen LogP contribution in [0.15, 0.2) is 43.2 Å². The van der Waals surface area contributed by atoms with Crippen molar-refractivity contribution in [3.8, 4) is 22.5 Å². The number of nitrogens with one attached hydrogen (secondary N) is 1. The number of imide groups is 1. The van der Waals surface area contributed by atoms with Gasteiger partial charge in [0.2, 0.25) is 11.8 Å². The van der Waals surface area contributed by atoms with E-state index >= 15 is 0 Å². The lowest BCUT2D eigenvalue weighted by Gasteiger charge is -2.29. The Morgan fingerprint density at radius 2 is 1.90 bits per heavy atom. The number of nitrogens with zero attached hydrogens (tertiary/aromatic N) is 5. The highest BCUT2D eigenvalue weighted by atomic mass is 16.2. The second-order valence-corrected chi connectivity index (χ2v) is 7.45. The summed E-state index contributed by atoms with van der Waals surface area (Å²) in [5.41, 5.74) is 4.76. The van der Waals surface area contributed by atoms with E-state index in [1.807, 2.05) is 23.7 Å². The van der Waals surface area contributed by atoms with Gasteiger partial charge in [-0.3, -0.25) is 19.7 Å². The molecule has 4 heterocycles. The highest BCUT2D eigenvalue weighted by Gasteiger charge is 2.39. The molecule has 1 atom stereocenters. The number of rotatable bonds is 3. The van der Waals surface area contributed by atoms with Gasteiger partial charge in [0.25, 0.3) is 5.91 Å². The number of amides is 3. The Kier molecular flexibility index (Phi) is 4.16. The monoisotopic (exact) mass is 402 g/mol. The van der Waals surface area contributed by atoms with Crippen molar-refractivity contribution in [2.45, 2.75) is 25.4 Å².